The van der Waals surface area contributed by atoms with E-state index in [4.69, 9.17) is 32.7 Å². The van der Waals surface area contributed by atoms with Crippen LogP contribution in [0.15, 0.2) is 41.4 Å². The summed E-state index contributed by atoms with van der Waals surface area (Å²) >= 11 is 15.0. The molecule has 0 spiro atoms. The number of hydrogen-bond acceptors (Lipinski definition) is 6. The van der Waals surface area contributed by atoms with Crippen LogP contribution in [0.25, 0.3) is 10.2 Å². The molecule has 0 N–H and O–H groups in total. The predicted molar refractivity (Wildman–Crippen MR) is 122 cm³/mol. The van der Waals surface area contributed by atoms with Gasteiger partial charge in [0.1, 0.15) is 5.75 Å². The van der Waals surface area contributed by atoms with E-state index < -0.39 is 11.9 Å². The van der Waals surface area contributed by atoms with Gasteiger partial charge in [-0.25, -0.2) is 4.79 Å². The van der Waals surface area contributed by atoms with E-state index in [-0.39, 0.29) is 6.61 Å². The molecule has 0 aliphatic rings. The number of rotatable bonds is 7. The van der Waals surface area contributed by atoms with Crippen LogP contribution in [0.3, 0.4) is 0 Å². The van der Waals surface area contributed by atoms with E-state index in [0.717, 1.165) is 16.0 Å². The average Bonchev–Trinajstić information content (AvgIpc) is 3.06. The SMILES string of the molecule is COC(=O)c1ccc2c(c1)sc(=NC(=O)COc1ccc(Cl)cc1Cl)n2CCSC. The maximum atomic E-state index is 12.4. The molecule has 0 fully saturated rings. The summed E-state index contributed by atoms with van der Waals surface area (Å²) in [7, 11) is 1.34. The first kappa shape index (κ1) is 22.7. The summed E-state index contributed by atoms with van der Waals surface area (Å²) < 4.78 is 13.1. The normalized spacial score (nSPS) is 11.7. The van der Waals surface area contributed by atoms with Crippen molar-refractivity contribution in [2.45, 2.75) is 6.54 Å². The highest BCUT2D eigenvalue weighted by atomic mass is 35.5. The number of nitrogens with zero attached hydrogens (tertiary/aromatic N) is 2. The molecule has 1 aromatic heterocycles. The molecular formula is C20H18Cl2N2O4S2. The molecule has 0 bridgehead atoms. The van der Waals surface area contributed by atoms with E-state index in [0.29, 0.717) is 32.7 Å². The molecule has 158 valence electrons. The molecule has 3 aromatic rings. The van der Waals surface area contributed by atoms with Gasteiger partial charge in [0.05, 0.1) is 27.9 Å². The molecule has 0 aliphatic carbocycles. The van der Waals surface area contributed by atoms with Crippen LogP contribution in [0.4, 0.5) is 0 Å². The van der Waals surface area contributed by atoms with E-state index in [2.05, 4.69) is 4.99 Å². The highest BCUT2D eigenvalue weighted by Crippen LogP contribution is 2.27. The highest BCUT2D eigenvalue weighted by molar-refractivity contribution is 7.98. The van der Waals surface area contributed by atoms with E-state index in [9.17, 15) is 9.59 Å². The van der Waals surface area contributed by atoms with Crippen LogP contribution in [-0.4, -0.2) is 42.2 Å². The summed E-state index contributed by atoms with van der Waals surface area (Å²) in [6, 6.07) is 10.1. The van der Waals surface area contributed by atoms with Crippen molar-refractivity contribution in [1.29, 1.82) is 0 Å². The number of hydrogen-bond donors (Lipinski definition) is 0. The largest absolute Gasteiger partial charge is 0.482 e. The number of halogens is 2. The molecule has 30 heavy (non-hydrogen) atoms. The standard InChI is InChI=1S/C20H18Cl2N2O4S2/c1-27-19(26)12-3-5-15-17(9-12)30-20(24(15)7-8-29-2)23-18(25)11-28-16-6-4-13(21)10-14(16)22/h3-6,9-10H,7-8,11H2,1-2H3. The predicted octanol–water partition coefficient (Wildman–Crippen LogP) is 4.67. The summed E-state index contributed by atoms with van der Waals surface area (Å²) in [5.41, 5.74) is 1.34. The fraction of sp³-hybridized carbons (Fsp3) is 0.250. The first-order valence-electron chi connectivity index (χ1n) is 8.79. The van der Waals surface area contributed by atoms with Crippen LogP contribution in [0.1, 0.15) is 10.4 Å². The third-order valence-corrected chi connectivity index (χ3v) is 6.25. The summed E-state index contributed by atoms with van der Waals surface area (Å²) in [6.45, 7) is 0.417. The molecule has 10 heteroatoms. The fourth-order valence-corrected chi connectivity index (χ4v) is 4.61. The monoisotopic (exact) mass is 484 g/mol. The van der Waals surface area contributed by atoms with Crippen molar-refractivity contribution >= 4 is 68.4 Å². The molecule has 3 rings (SSSR count). The smallest absolute Gasteiger partial charge is 0.337 e. The lowest BCUT2D eigenvalue weighted by Gasteiger charge is -2.06. The minimum absolute atomic E-state index is 0.258. The number of aromatic nitrogens is 1. The van der Waals surface area contributed by atoms with Crippen LogP contribution in [0, 0.1) is 0 Å². The van der Waals surface area contributed by atoms with Crippen molar-refractivity contribution in [1.82, 2.24) is 4.57 Å². The number of thioether (sulfide) groups is 1. The lowest BCUT2D eigenvalue weighted by atomic mass is 10.2. The lowest BCUT2D eigenvalue weighted by molar-refractivity contribution is -0.120. The van der Waals surface area contributed by atoms with Gasteiger partial charge in [0.2, 0.25) is 0 Å². The summed E-state index contributed by atoms with van der Waals surface area (Å²) in [5.74, 6) is 0.351. The van der Waals surface area contributed by atoms with E-state index >= 15 is 0 Å². The molecular weight excluding hydrogens is 467 g/mol. The second kappa shape index (κ2) is 10.3. The first-order chi connectivity index (χ1) is 14.4. The van der Waals surface area contributed by atoms with Gasteiger partial charge in [0.25, 0.3) is 5.91 Å². The van der Waals surface area contributed by atoms with Gasteiger partial charge in [-0.3, -0.25) is 4.79 Å². The van der Waals surface area contributed by atoms with Crippen LogP contribution < -0.4 is 9.54 Å². The summed E-state index contributed by atoms with van der Waals surface area (Å²) in [5, 5.41) is 0.803. The third-order valence-electron chi connectivity index (χ3n) is 4.09. The zero-order valence-corrected chi connectivity index (χ0v) is 19.3. The Labute approximate surface area is 191 Å². The Morgan fingerprint density at radius 2 is 2.00 bits per heavy atom. The topological polar surface area (TPSA) is 69.9 Å². The summed E-state index contributed by atoms with van der Waals surface area (Å²) in [4.78, 5) is 29.0. The van der Waals surface area contributed by atoms with Crippen molar-refractivity contribution in [2.24, 2.45) is 4.99 Å². The molecule has 0 aliphatic heterocycles. The molecule has 0 unspecified atom stereocenters. The van der Waals surface area contributed by atoms with Crippen molar-refractivity contribution in [3.63, 3.8) is 0 Å². The Hall–Kier alpha value is -2.00. The number of aryl methyl sites for hydroxylation is 1. The Morgan fingerprint density at radius 1 is 1.20 bits per heavy atom. The number of ether oxygens (including phenoxy) is 2. The second-order valence-corrected chi connectivity index (χ2v) is 8.91. The summed E-state index contributed by atoms with van der Waals surface area (Å²) in [6.07, 6.45) is 2.01. The second-order valence-electron chi connectivity index (χ2n) is 6.07. The first-order valence-corrected chi connectivity index (χ1v) is 11.8. The number of fused-ring (bicyclic) bond motifs is 1. The minimum Gasteiger partial charge on any atom is -0.482 e. The molecule has 1 amide bonds. The highest BCUT2D eigenvalue weighted by Gasteiger charge is 2.12. The third kappa shape index (κ3) is 5.37. The molecule has 0 saturated heterocycles. The number of methoxy groups -OCH3 is 1. The minimum atomic E-state index is -0.446. The Kier molecular flexibility index (Phi) is 7.82. The molecule has 0 radical (unpaired) electrons. The van der Waals surface area contributed by atoms with Gasteiger partial charge in [-0.15, -0.1) is 0 Å². The number of benzene rings is 2. The molecule has 6 nitrogen and oxygen atoms in total. The van der Waals surface area contributed by atoms with Crippen molar-refractivity contribution in [3.8, 4) is 5.75 Å². The van der Waals surface area contributed by atoms with Gasteiger partial charge in [-0.1, -0.05) is 34.5 Å². The number of amides is 1. The van der Waals surface area contributed by atoms with Crippen LogP contribution in [0.2, 0.25) is 10.0 Å². The molecule has 2 aromatic carbocycles. The van der Waals surface area contributed by atoms with Gasteiger partial charge in [0, 0.05) is 17.3 Å². The van der Waals surface area contributed by atoms with Gasteiger partial charge in [0.15, 0.2) is 11.4 Å². The van der Waals surface area contributed by atoms with Crippen molar-refractivity contribution < 1.29 is 19.1 Å². The number of carbonyl (C=O) groups is 2. The lowest BCUT2D eigenvalue weighted by Crippen LogP contribution is -2.20. The Balaban J connectivity index is 1.90. The zero-order chi connectivity index (χ0) is 21.7. The van der Waals surface area contributed by atoms with Crippen LogP contribution in [-0.2, 0) is 16.1 Å². The van der Waals surface area contributed by atoms with Gasteiger partial charge >= 0.3 is 5.97 Å². The van der Waals surface area contributed by atoms with Crippen LogP contribution in [0.5, 0.6) is 5.75 Å². The molecule has 0 atom stereocenters. The van der Waals surface area contributed by atoms with Crippen molar-refractivity contribution in [2.75, 3.05) is 25.7 Å². The molecule has 1 heterocycles. The van der Waals surface area contributed by atoms with Crippen molar-refractivity contribution in [3.05, 3.63) is 56.8 Å². The van der Waals surface area contributed by atoms with E-state index in [1.54, 1.807) is 42.1 Å². The molecule has 0 saturated carbocycles. The van der Waals surface area contributed by atoms with Gasteiger partial charge in [-0.05, 0) is 42.7 Å². The van der Waals surface area contributed by atoms with Crippen LogP contribution >= 0.6 is 46.3 Å². The van der Waals surface area contributed by atoms with Gasteiger partial charge < -0.3 is 14.0 Å². The maximum Gasteiger partial charge on any atom is 0.337 e. The number of thiazole rings is 1. The van der Waals surface area contributed by atoms with Gasteiger partial charge in [-0.2, -0.15) is 16.8 Å². The Bertz CT molecular complexity index is 1160. The quantitative estimate of drug-likeness (QED) is 0.455. The van der Waals surface area contributed by atoms with E-state index in [1.165, 1.54) is 18.4 Å². The maximum absolute atomic E-state index is 12.4. The number of carbonyl (C=O) groups excluding carboxylic acids is 2. The fourth-order valence-electron chi connectivity index (χ4n) is 2.67. The average molecular weight is 485 g/mol. The Morgan fingerprint density at radius 3 is 2.70 bits per heavy atom. The zero-order valence-electron chi connectivity index (χ0n) is 16.2. The number of esters is 1. The van der Waals surface area contributed by atoms with E-state index in [1.807, 2.05) is 16.9 Å².